The topological polar surface area (TPSA) is 26.7 Å². The monoisotopic (exact) mass is 536 g/mol. The molecular formula is C37H48N2O. The molecule has 4 rings (SSSR count). The summed E-state index contributed by atoms with van der Waals surface area (Å²) in [4.78, 5) is 4.81. The average molecular weight is 537 g/mol. The number of benzene rings is 3. The van der Waals surface area contributed by atoms with E-state index >= 15 is 0 Å². The van der Waals surface area contributed by atoms with Gasteiger partial charge in [-0.2, -0.15) is 0 Å². The Balaban J connectivity index is 2.03. The molecule has 0 unspecified atom stereocenters. The molecule has 3 aromatic carbocycles. The molecule has 3 nitrogen and oxygen atoms in total. The second kappa shape index (κ2) is 12.4. The Kier molecular flexibility index (Phi) is 9.13. The molecule has 1 aliphatic rings. The van der Waals surface area contributed by atoms with Crippen molar-refractivity contribution in [3.05, 3.63) is 112 Å². The van der Waals surface area contributed by atoms with Crippen molar-refractivity contribution in [3.63, 3.8) is 0 Å². The summed E-state index contributed by atoms with van der Waals surface area (Å²) < 4.78 is 0. The Bertz CT molecular complexity index is 1250. The van der Waals surface area contributed by atoms with Gasteiger partial charge in [0.25, 0.3) is 0 Å². The maximum absolute atomic E-state index is 12.2. The second-order valence-electron chi connectivity index (χ2n) is 12.4. The zero-order chi connectivity index (χ0) is 29.1. The van der Waals surface area contributed by atoms with E-state index in [-0.39, 0.29) is 0 Å². The number of aliphatic hydroxyl groups excluding tert-OH is 1. The minimum absolute atomic E-state index is 0.336. The predicted octanol–water partition coefficient (Wildman–Crippen LogP) is 10.3. The summed E-state index contributed by atoms with van der Waals surface area (Å²) in [6.45, 7) is 21.8. The van der Waals surface area contributed by atoms with Crippen molar-refractivity contribution in [1.82, 2.24) is 0 Å². The molecule has 0 amide bonds. The van der Waals surface area contributed by atoms with Crippen LogP contribution in [0.15, 0.2) is 83.9 Å². The van der Waals surface area contributed by atoms with Gasteiger partial charge in [-0.15, -0.1) is 0 Å². The summed E-state index contributed by atoms with van der Waals surface area (Å²) in [6, 6.07) is 23.7. The zero-order valence-corrected chi connectivity index (χ0v) is 26.0. The van der Waals surface area contributed by atoms with Gasteiger partial charge in [-0.3, -0.25) is 0 Å². The Morgan fingerprint density at radius 2 is 0.975 bits per heavy atom. The summed E-state index contributed by atoms with van der Waals surface area (Å²) in [5.41, 5.74) is 9.73. The number of aliphatic hydroxyl groups is 1. The minimum Gasteiger partial charge on any atom is -0.504 e. The highest BCUT2D eigenvalue weighted by molar-refractivity contribution is 5.76. The van der Waals surface area contributed by atoms with E-state index in [2.05, 4.69) is 120 Å². The molecule has 0 radical (unpaired) electrons. The van der Waals surface area contributed by atoms with Gasteiger partial charge < -0.3 is 14.9 Å². The van der Waals surface area contributed by atoms with E-state index < -0.39 is 0 Å². The Hall–Kier alpha value is -3.46. The predicted molar refractivity (Wildman–Crippen MR) is 174 cm³/mol. The van der Waals surface area contributed by atoms with Gasteiger partial charge in [0.05, 0.1) is 0 Å². The third-order valence-corrected chi connectivity index (χ3v) is 8.05. The van der Waals surface area contributed by atoms with Crippen LogP contribution in [0.2, 0.25) is 0 Å². The first-order chi connectivity index (χ1) is 19.0. The normalized spacial score (nSPS) is 14.4. The van der Waals surface area contributed by atoms with Gasteiger partial charge >= 0.3 is 0 Å². The molecule has 1 heterocycles. The van der Waals surface area contributed by atoms with E-state index in [1.54, 1.807) is 0 Å². The average Bonchev–Trinajstić information content (AvgIpc) is 3.36. The Morgan fingerprint density at radius 1 is 0.600 bits per heavy atom. The van der Waals surface area contributed by atoms with E-state index in [0.717, 1.165) is 30.0 Å². The van der Waals surface area contributed by atoms with Gasteiger partial charge in [-0.25, -0.2) is 0 Å². The number of hydrogen-bond acceptors (Lipinski definition) is 3. The molecule has 212 valence electrons. The molecule has 1 fully saturated rings. The molecule has 1 saturated heterocycles. The lowest BCUT2D eigenvalue weighted by Crippen LogP contribution is -2.28. The lowest BCUT2D eigenvalue weighted by Gasteiger charge is -2.33. The third kappa shape index (κ3) is 5.84. The van der Waals surface area contributed by atoms with E-state index in [0.29, 0.717) is 29.4 Å². The maximum Gasteiger partial charge on any atom is 0.159 e. The highest BCUT2D eigenvalue weighted by atomic mass is 16.3. The number of para-hydroxylation sites is 2. The van der Waals surface area contributed by atoms with Crippen LogP contribution in [0.4, 0.5) is 11.4 Å². The molecule has 40 heavy (non-hydrogen) atoms. The Labute approximate surface area is 242 Å². The molecule has 0 atom stereocenters. The fourth-order valence-electron chi connectivity index (χ4n) is 5.94. The quantitative estimate of drug-likeness (QED) is 0.290. The summed E-state index contributed by atoms with van der Waals surface area (Å²) in [6.07, 6.45) is 2.09. The van der Waals surface area contributed by atoms with Crippen molar-refractivity contribution < 1.29 is 5.11 Å². The number of rotatable bonds is 8. The van der Waals surface area contributed by atoms with Crippen LogP contribution in [0.25, 0.3) is 6.08 Å². The van der Waals surface area contributed by atoms with Gasteiger partial charge in [0, 0.05) is 24.5 Å². The highest BCUT2D eigenvalue weighted by Crippen LogP contribution is 2.45. The van der Waals surface area contributed by atoms with Gasteiger partial charge in [0.2, 0.25) is 0 Å². The molecule has 3 heteroatoms. The van der Waals surface area contributed by atoms with Gasteiger partial charge in [0.15, 0.2) is 11.6 Å². The van der Waals surface area contributed by atoms with Crippen molar-refractivity contribution in [2.24, 2.45) is 0 Å². The second-order valence-corrected chi connectivity index (χ2v) is 12.4. The van der Waals surface area contributed by atoms with E-state index in [1.807, 2.05) is 25.1 Å². The molecule has 0 aromatic heterocycles. The first kappa shape index (κ1) is 29.5. The first-order valence-electron chi connectivity index (χ1n) is 15.0. The molecule has 1 aliphatic heterocycles. The highest BCUT2D eigenvalue weighted by Gasteiger charge is 2.36. The van der Waals surface area contributed by atoms with Gasteiger partial charge in [-0.1, -0.05) is 122 Å². The zero-order valence-electron chi connectivity index (χ0n) is 26.0. The van der Waals surface area contributed by atoms with Crippen molar-refractivity contribution in [1.29, 1.82) is 0 Å². The summed E-state index contributed by atoms with van der Waals surface area (Å²) in [5.74, 6) is 2.67. The molecule has 0 bridgehead atoms. The summed E-state index contributed by atoms with van der Waals surface area (Å²) in [5, 5.41) is 12.2. The van der Waals surface area contributed by atoms with Crippen LogP contribution in [-0.2, 0) is 0 Å². The number of anilines is 2. The fraction of sp³-hybridized carbons (Fsp3) is 0.405. The fourth-order valence-corrected chi connectivity index (χ4v) is 5.94. The maximum atomic E-state index is 12.2. The van der Waals surface area contributed by atoms with E-state index in [9.17, 15) is 5.11 Å². The molecule has 0 aliphatic carbocycles. The lowest BCUT2D eigenvalue weighted by atomic mass is 9.91. The van der Waals surface area contributed by atoms with Crippen LogP contribution in [0.1, 0.15) is 114 Å². The molecule has 3 aromatic rings. The van der Waals surface area contributed by atoms with Crippen molar-refractivity contribution in [2.45, 2.75) is 86.0 Å². The number of allylic oxidation sites excluding steroid dienone is 1. The van der Waals surface area contributed by atoms with Crippen LogP contribution >= 0.6 is 0 Å². The van der Waals surface area contributed by atoms with Crippen LogP contribution in [0.5, 0.6) is 0 Å². The number of nitrogens with zero attached hydrogens (tertiary/aromatic N) is 2. The largest absolute Gasteiger partial charge is 0.504 e. The minimum atomic E-state index is 0.336. The summed E-state index contributed by atoms with van der Waals surface area (Å²) in [7, 11) is 0. The smallest absolute Gasteiger partial charge is 0.159 e. The molecule has 0 spiro atoms. The SMILES string of the molecule is C/C(=C/c1ccccc1)C(O)=C1N(c2c(C(C)C)cccc2C(C)C)CCN1c1c(C(C)C)cccc1C(C)C. The van der Waals surface area contributed by atoms with Crippen molar-refractivity contribution in [3.8, 4) is 0 Å². The standard InChI is InChI=1S/C37H48N2O/c1-24(2)30-17-13-18-31(25(3)4)34(30)38-21-22-39(35-32(26(5)6)19-14-20-33(35)27(7)8)37(38)36(40)28(9)23-29-15-11-10-12-16-29/h10-20,23-27,40H,21-22H2,1-9H3/b28-23-. The van der Waals surface area contributed by atoms with Gasteiger partial charge in [0.1, 0.15) is 0 Å². The van der Waals surface area contributed by atoms with Crippen LogP contribution < -0.4 is 9.80 Å². The summed E-state index contributed by atoms with van der Waals surface area (Å²) >= 11 is 0. The Morgan fingerprint density at radius 3 is 1.32 bits per heavy atom. The third-order valence-electron chi connectivity index (χ3n) is 8.05. The lowest BCUT2D eigenvalue weighted by molar-refractivity contribution is 0.415. The van der Waals surface area contributed by atoms with Crippen molar-refractivity contribution in [2.75, 3.05) is 22.9 Å². The van der Waals surface area contributed by atoms with Crippen LogP contribution in [0.3, 0.4) is 0 Å². The van der Waals surface area contributed by atoms with E-state index in [4.69, 9.17) is 0 Å². The van der Waals surface area contributed by atoms with Crippen LogP contribution in [0, 0.1) is 0 Å². The molecule has 1 N–H and O–H groups in total. The first-order valence-corrected chi connectivity index (χ1v) is 15.0. The van der Waals surface area contributed by atoms with E-state index in [1.165, 1.54) is 33.6 Å². The van der Waals surface area contributed by atoms with Crippen LogP contribution in [-0.4, -0.2) is 18.2 Å². The molecular weight excluding hydrogens is 488 g/mol. The number of hydrogen-bond donors (Lipinski definition) is 1. The molecule has 0 saturated carbocycles. The van der Waals surface area contributed by atoms with Gasteiger partial charge in [-0.05, 0) is 70.1 Å². The van der Waals surface area contributed by atoms with Crippen molar-refractivity contribution >= 4 is 17.5 Å².